The number of aryl methyl sites for hydroxylation is 1. The largest absolute Gasteiger partial charge is 0.361 e. The number of nitrogens with zero attached hydrogens (tertiary/aromatic N) is 2. The molecule has 0 saturated carbocycles. The second-order valence-corrected chi connectivity index (χ2v) is 4.29. The van der Waals surface area contributed by atoms with Crippen LogP contribution in [-0.2, 0) is 6.54 Å². The quantitative estimate of drug-likeness (QED) is 0.880. The Kier molecular flexibility index (Phi) is 3.53. The smallest absolute Gasteiger partial charge is 0.251 e. The van der Waals surface area contributed by atoms with Gasteiger partial charge < -0.3 is 9.84 Å². The highest BCUT2D eigenvalue weighted by Gasteiger charge is 2.07. The number of rotatable bonds is 3. The second-order valence-electron chi connectivity index (χ2n) is 3.48. The van der Waals surface area contributed by atoms with Crippen LogP contribution in [0, 0.1) is 6.92 Å². The van der Waals surface area contributed by atoms with Gasteiger partial charge in [0.05, 0.1) is 6.54 Å². The van der Waals surface area contributed by atoms with Crippen LogP contribution in [0.4, 0.5) is 0 Å². The number of hydrogen-bond donors (Lipinski definition) is 1. The van der Waals surface area contributed by atoms with Crippen LogP contribution in [0.3, 0.4) is 0 Å². The summed E-state index contributed by atoms with van der Waals surface area (Å²) in [6.45, 7) is 2.15. The second kappa shape index (κ2) is 5.09. The van der Waals surface area contributed by atoms with Gasteiger partial charge in [-0.05, 0) is 35.0 Å². The molecule has 0 spiro atoms. The van der Waals surface area contributed by atoms with Gasteiger partial charge in [-0.2, -0.15) is 0 Å². The van der Waals surface area contributed by atoms with E-state index in [0.717, 1.165) is 5.76 Å². The predicted octanol–water partition coefficient (Wildman–Crippen LogP) is 2.07. The predicted molar refractivity (Wildman–Crippen MR) is 64.3 cm³/mol. The van der Waals surface area contributed by atoms with E-state index in [1.807, 2.05) is 0 Å². The molecule has 0 unspecified atom stereocenters. The Bertz CT molecular complexity index is 539. The third kappa shape index (κ3) is 3.13. The standard InChI is InChI=1S/C11H10BrN3O2/c1-7-4-9(15-17-7)6-14-11(16)8-2-3-13-10(12)5-8/h2-5H,6H2,1H3,(H,14,16). The molecule has 6 heteroatoms. The maximum Gasteiger partial charge on any atom is 0.251 e. The van der Waals surface area contributed by atoms with E-state index in [0.29, 0.717) is 22.4 Å². The number of nitrogens with one attached hydrogen (secondary N) is 1. The maximum atomic E-state index is 11.8. The van der Waals surface area contributed by atoms with Gasteiger partial charge in [-0.3, -0.25) is 4.79 Å². The summed E-state index contributed by atoms with van der Waals surface area (Å²) >= 11 is 3.21. The third-order valence-corrected chi connectivity index (χ3v) is 2.53. The van der Waals surface area contributed by atoms with Crippen LogP contribution in [-0.4, -0.2) is 16.0 Å². The monoisotopic (exact) mass is 295 g/mol. The van der Waals surface area contributed by atoms with Crippen LogP contribution in [0.25, 0.3) is 0 Å². The Morgan fingerprint density at radius 3 is 3.00 bits per heavy atom. The molecule has 0 fully saturated rings. The van der Waals surface area contributed by atoms with Crippen LogP contribution in [0.5, 0.6) is 0 Å². The van der Waals surface area contributed by atoms with E-state index in [1.54, 1.807) is 31.3 Å². The molecule has 2 heterocycles. The molecule has 0 aliphatic carbocycles. The van der Waals surface area contributed by atoms with Gasteiger partial charge in [0.25, 0.3) is 5.91 Å². The maximum absolute atomic E-state index is 11.8. The van der Waals surface area contributed by atoms with Crippen LogP contribution < -0.4 is 5.32 Å². The first kappa shape index (κ1) is 11.8. The first-order valence-corrected chi connectivity index (χ1v) is 5.76. The normalized spacial score (nSPS) is 10.2. The number of carbonyl (C=O) groups is 1. The van der Waals surface area contributed by atoms with Crippen molar-refractivity contribution in [3.63, 3.8) is 0 Å². The molecule has 17 heavy (non-hydrogen) atoms. The summed E-state index contributed by atoms with van der Waals surface area (Å²) in [5, 5.41) is 6.53. The number of hydrogen-bond acceptors (Lipinski definition) is 4. The molecule has 2 aromatic heterocycles. The Labute approximate surface area is 106 Å². The van der Waals surface area contributed by atoms with Crippen molar-refractivity contribution in [2.24, 2.45) is 0 Å². The van der Waals surface area contributed by atoms with Gasteiger partial charge in [0.15, 0.2) is 0 Å². The molecule has 0 atom stereocenters. The molecule has 0 aliphatic rings. The first-order valence-electron chi connectivity index (χ1n) is 4.97. The Hall–Kier alpha value is -1.69. The fraction of sp³-hybridized carbons (Fsp3) is 0.182. The Balaban J connectivity index is 1.98. The molecular weight excluding hydrogens is 286 g/mol. The molecule has 88 valence electrons. The molecule has 1 amide bonds. The summed E-state index contributed by atoms with van der Waals surface area (Å²) in [5.41, 5.74) is 1.25. The van der Waals surface area contributed by atoms with Crippen molar-refractivity contribution in [3.8, 4) is 0 Å². The van der Waals surface area contributed by atoms with Gasteiger partial charge in [0, 0.05) is 17.8 Å². The van der Waals surface area contributed by atoms with Crippen LogP contribution in [0.1, 0.15) is 21.8 Å². The van der Waals surface area contributed by atoms with Crippen LogP contribution in [0.2, 0.25) is 0 Å². The van der Waals surface area contributed by atoms with Crippen molar-refractivity contribution in [1.82, 2.24) is 15.5 Å². The van der Waals surface area contributed by atoms with Gasteiger partial charge in [0.2, 0.25) is 0 Å². The average molecular weight is 296 g/mol. The summed E-state index contributed by atoms with van der Waals surface area (Å²) < 4.78 is 5.53. The molecule has 0 aliphatic heterocycles. The lowest BCUT2D eigenvalue weighted by molar-refractivity contribution is 0.0950. The topological polar surface area (TPSA) is 68.0 Å². The zero-order chi connectivity index (χ0) is 12.3. The van der Waals surface area contributed by atoms with E-state index in [-0.39, 0.29) is 5.91 Å². The van der Waals surface area contributed by atoms with Crippen molar-refractivity contribution in [2.75, 3.05) is 0 Å². The van der Waals surface area contributed by atoms with Gasteiger partial charge in [0.1, 0.15) is 16.1 Å². The van der Waals surface area contributed by atoms with Crippen molar-refractivity contribution < 1.29 is 9.32 Å². The number of carbonyl (C=O) groups excluding carboxylic acids is 1. The molecule has 2 rings (SSSR count). The summed E-state index contributed by atoms with van der Waals surface area (Å²) in [6, 6.07) is 5.08. The molecule has 0 radical (unpaired) electrons. The van der Waals surface area contributed by atoms with E-state index >= 15 is 0 Å². The molecule has 5 nitrogen and oxygen atoms in total. The SMILES string of the molecule is Cc1cc(CNC(=O)c2ccnc(Br)c2)no1. The average Bonchev–Trinajstić information content (AvgIpc) is 2.72. The molecule has 0 saturated heterocycles. The lowest BCUT2D eigenvalue weighted by Crippen LogP contribution is -2.22. The Morgan fingerprint density at radius 2 is 2.35 bits per heavy atom. The van der Waals surface area contributed by atoms with E-state index in [4.69, 9.17) is 4.52 Å². The minimum absolute atomic E-state index is 0.172. The number of pyridine rings is 1. The molecule has 0 bridgehead atoms. The van der Waals surface area contributed by atoms with Gasteiger partial charge in [-0.15, -0.1) is 0 Å². The highest BCUT2D eigenvalue weighted by atomic mass is 79.9. The molecule has 2 aromatic rings. The zero-order valence-corrected chi connectivity index (χ0v) is 10.7. The van der Waals surface area contributed by atoms with Gasteiger partial charge in [-0.1, -0.05) is 5.16 Å². The number of amides is 1. The minimum atomic E-state index is -0.172. The summed E-state index contributed by atoms with van der Waals surface area (Å²) in [6.07, 6.45) is 1.57. The van der Waals surface area contributed by atoms with Gasteiger partial charge in [-0.25, -0.2) is 4.98 Å². The summed E-state index contributed by atoms with van der Waals surface area (Å²) in [5.74, 6) is 0.551. The van der Waals surface area contributed by atoms with Crippen molar-refractivity contribution in [2.45, 2.75) is 13.5 Å². The fourth-order valence-electron chi connectivity index (χ4n) is 1.32. The van der Waals surface area contributed by atoms with Gasteiger partial charge >= 0.3 is 0 Å². The lowest BCUT2D eigenvalue weighted by atomic mass is 10.2. The van der Waals surface area contributed by atoms with E-state index in [1.165, 1.54) is 0 Å². The van der Waals surface area contributed by atoms with Crippen LogP contribution in [0.15, 0.2) is 33.5 Å². The fourth-order valence-corrected chi connectivity index (χ4v) is 1.68. The van der Waals surface area contributed by atoms with E-state index in [2.05, 4.69) is 31.4 Å². The lowest BCUT2D eigenvalue weighted by Gasteiger charge is -2.02. The highest BCUT2D eigenvalue weighted by molar-refractivity contribution is 9.10. The molecular formula is C11H10BrN3O2. The summed E-state index contributed by atoms with van der Waals surface area (Å²) in [7, 11) is 0. The van der Waals surface area contributed by atoms with E-state index < -0.39 is 0 Å². The first-order chi connectivity index (χ1) is 8.15. The number of aromatic nitrogens is 2. The third-order valence-electron chi connectivity index (χ3n) is 2.10. The van der Waals surface area contributed by atoms with Crippen molar-refractivity contribution in [1.29, 1.82) is 0 Å². The molecule has 0 aromatic carbocycles. The summed E-state index contributed by atoms with van der Waals surface area (Å²) in [4.78, 5) is 15.7. The molecule has 1 N–H and O–H groups in total. The zero-order valence-electron chi connectivity index (χ0n) is 9.11. The minimum Gasteiger partial charge on any atom is -0.361 e. The van der Waals surface area contributed by atoms with Crippen molar-refractivity contribution in [3.05, 3.63) is 46.0 Å². The van der Waals surface area contributed by atoms with Crippen LogP contribution >= 0.6 is 15.9 Å². The highest BCUT2D eigenvalue weighted by Crippen LogP contribution is 2.08. The number of halogens is 1. The van der Waals surface area contributed by atoms with E-state index in [9.17, 15) is 4.79 Å². The Morgan fingerprint density at radius 1 is 1.53 bits per heavy atom. The van der Waals surface area contributed by atoms with Crippen molar-refractivity contribution >= 4 is 21.8 Å².